The second-order valence-corrected chi connectivity index (χ2v) is 8.86. The van der Waals surface area contributed by atoms with Gasteiger partial charge in [-0.3, -0.25) is 19.9 Å². The molecule has 2 heterocycles. The third kappa shape index (κ3) is 6.06. The summed E-state index contributed by atoms with van der Waals surface area (Å²) in [4.78, 5) is 24.7. The molecule has 1 aromatic heterocycles. The first-order valence-electron chi connectivity index (χ1n) is 11.3. The zero-order chi connectivity index (χ0) is 26.8. The van der Waals surface area contributed by atoms with Crippen molar-refractivity contribution in [2.24, 2.45) is 11.5 Å². The number of aromatic nitrogens is 1. The van der Waals surface area contributed by atoms with E-state index in [9.17, 15) is 22.8 Å². The van der Waals surface area contributed by atoms with Gasteiger partial charge in [0.05, 0.1) is 17.5 Å². The molecule has 1 aliphatic rings. The van der Waals surface area contributed by atoms with Gasteiger partial charge >= 0.3 is 6.18 Å². The van der Waals surface area contributed by atoms with Crippen LogP contribution in [0, 0.1) is 0 Å². The average Bonchev–Trinajstić information content (AvgIpc) is 3.41. The molecule has 3 rings (SSSR count). The van der Waals surface area contributed by atoms with Crippen LogP contribution in [0.2, 0.25) is 0 Å². The van der Waals surface area contributed by atoms with E-state index in [0.29, 0.717) is 5.56 Å². The van der Waals surface area contributed by atoms with Crippen LogP contribution < -0.4 is 22.2 Å². The maximum Gasteiger partial charge on any atom is 0.389 e. The first kappa shape index (κ1) is 26.8. The Morgan fingerprint density at radius 3 is 2.44 bits per heavy atom. The summed E-state index contributed by atoms with van der Waals surface area (Å²) in [5.74, 6) is -1.36. The van der Waals surface area contributed by atoms with E-state index in [1.54, 1.807) is 36.2 Å². The Hall–Kier alpha value is -3.80. The molecule has 2 atom stereocenters. The van der Waals surface area contributed by atoms with E-state index in [4.69, 9.17) is 16.0 Å². The number of primary amides is 1. The maximum absolute atomic E-state index is 12.7. The quantitative estimate of drug-likeness (QED) is 0.407. The summed E-state index contributed by atoms with van der Waals surface area (Å²) in [7, 11) is 0. The van der Waals surface area contributed by atoms with Crippen LogP contribution >= 0.6 is 0 Å². The highest BCUT2D eigenvalue weighted by atomic mass is 19.4. The third-order valence-corrected chi connectivity index (χ3v) is 5.87. The number of nitrogens with two attached hydrogens (primary N) is 2. The third-order valence-electron chi connectivity index (χ3n) is 5.87. The van der Waals surface area contributed by atoms with Gasteiger partial charge in [-0.05, 0) is 43.9 Å². The summed E-state index contributed by atoms with van der Waals surface area (Å²) in [5, 5.41) is 7.93. The fraction of sp³-hybridized carbons (Fsp3) is 0.375. The monoisotopic (exact) mass is 506 g/mol. The zero-order valence-corrected chi connectivity index (χ0v) is 20.1. The van der Waals surface area contributed by atoms with E-state index >= 15 is 0 Å². The minimum atomic E-state index is -4.30. The van der Waals surface area contributed by atoms with Crippen LogP contribution in [0.4, 0.5) is 19.1 Å². The molecule has 9 nitrogen and oxygen atoms in total. The number of hydrogen-bond donors (Lipinski definition) is 4. The van der Waals surface area contributed by atoms with Crippen LogP contribution in [-0.4, -0.2) is 34.2 Å². The molecule has 194 valence electrons. The van der Waals surface area contributed by atoms with E-state index in [2.05, 4.69) is 22.5 Å². The molecule has 12 heteroatoms. The Kier molecular flexibility index (Phi) is 7.77. The molecule has 6 N–H and O–H groups in total. The van der Waals surface area contributed by atoms with Crippen LogP contribution in [0.1, 0.15) is 62.4 Å². The van der Waals surface area contributed by atoms with Gasteiger partial charge in [0.25, 0.3) is 0 Å². The predicted octanol–water partition coefficient (Wildman–Crippen LogP) is 3.70. The summed E-state index contributed by atoms with van der Waals surface area (Å²) in [5.41, 5.74) is 16.8. The molecule has 0 saturated heterocycles. The lowest BCUT2D eigenvalue weighted by Gasteiger charge is -2.25. The Bertz CT molecular complexity index is 1170. The highest BCUT2D eigenvalue weighted by Crippen LogP contribution is 2.32. The van der Waals surface area contributed by atoms with Gasteiger partial charge in [-0.15, -0.1) is 0 Å². The van der Waals surface area contributed by atoms with E-state index in [1.165, 1.54) is 6.07 Å². The van der Waals surface area contributed by atoms with Gasteiger partial charge in [-0.2, -0.15) is 13.2 Å². The number of hydrogen-bond acceptors (Lipinski definition) is 7. The minimum absolute atomic E-state index is 0.00211. The van der Waals surface area contributed by atoms with Crippen molar-refractivity contribution in [3.05, 3.63) is 65.1 Å². The van der Waals surface area contributed by atoms with E-state index in [-0.39, 0.29) is 41.0 Å². The molecule has 2 amide bonds. The Balaban J connectivity index is 1.66. The number of alkyl halides is 3. The number of rotatable bonds is 9. The molecule has 0 bridgehead atoms. The number of carbonyl (C=O) groups excluding carboxylic acids is 2. The van der Waals surface area contributed by atoms with Crippen LogP contribution in [0.3, 0.4) is 0 Å². The molecule has 2 unspecified atom stereocenters. The number of benzene rings is 1. The number of carbonyl (C=O) groups is 2. The molecule has 2 aromatic rings. The van der Waals surface area contributed by atoms with Crippen LogP contribution in [0.25, 0.3) is 5.57 Å². The van der Waals surface area contributed by atoms with Crippen LogP contribution in [0.5, 0.6) is 0 Å². The largest absolute Gasteiger partial charge is 0.389 e. The fourth-order valence-corrected chi connectivity index (χ4v) is 3.77. The van der Waals surface area contributed by atoms with Gasteiger partial charge in [-0.25, -0.2) is 5.43 Å². The summed E-state index contributed by atoms with van der Waals surface area (Å²) in [6, 6.07) is 7.84. The lowest BCUT2D eigenvalue weighted by molar-refractivity contribution is -0.133. The van der Waals surface area contributed by atoms with Crippen molar-refractivity contribution < 1.29 is 27.3 Å². The van der Waals surface area contributed by atoms with Crippen molar-refractivity contribution in [3.8, 4) is 0 Å². The predicted molar refractivity (Wildman–Crippen MR) is 128 cm³/mol. The second-order valence-electron chi connectivity index (χ2n) is 8.86. The van der Waals surface area contributed by atoms with Crippen molar-refractivity contribution in [1.29, 1.82) is 0 Å². The molecule has 1 aliphatic heterocycles. The second kappa shape index (κ2) is 10.4. The molecular formula is C24H29F3N6O3. The number of hydrazine groups is 1. The highest BCUT2D eigenvalue weighted by Gasteiger charge is 2.35. The highest BCUT2D eigenvalue weighted by molar-refractivity contribution is 5.95. The average molecular weight is 507 g/mol. The molecule has 0 saturated carbocycles. The number of allylic oxidation sites excluding steroid dienone is 1. The Morgan fingerprint density at radius 2 is 1.89 bits per heavy atom. The summed E-state index contributed by atoms with van der Waals surface area (Å²) < 4.78 is 42.3. The van der Waals surface area contributed by atoms with E-state index in [1.807, 2.05) is 13.8 Å². The van der Waals surface area contributed by atoms with Crippen molar-refractivity contribution in [2.75, 3.05) is 5.32 Å². The zero-order valence-electron chi connectivity index (χ0n) is 20.1. The number of halogens is 3. The van der Waals surface area contributed by atoms with Gasteiger partial charge in [0.15, 0.2) is 0 Å². The van der Waals surface area contributed by atoms with Gasteiger partial charge < -0.3 is 16.0 Å². The smallest absolute Gasteiger partial charge is 0.384 e. The summed E-state index contributed by atoms with van der Waals surface area (Å²) in [6.45, 7) is 9.11. The van der Waals surface area contributed by atoms with Crippen LogP contribution in [-0.2, 0) is 9.59 Å². The molecule has 0 aliphatic carbocycles. The van der Waals surface area contributed by atoms with Gasteiger partial charge in [0, 0.05) is 18.5 Å². The van der Waals surface area contributed by atoms with Crippen molar-refractivity contribution in [3.63, 3.8) is 0 Å². The molecular weight excluding hydrogens is 477 g/mol. The molecule has 36 heavy (non-hydrogen) atoms. The van der Waals surface area contributed by atoms with Crippen molar-refractivity contribution in [2.45, 2.75) is 57.8 Å². The fourth-order valence-electron chi connectivity index (χ4n) is 3.77. The maximum atomic E-state index is 12.7. The number of amides is 2. The van der Waals surface area contributed by atoms with E-state index in [0.717, 1.165) is 5.56 Å². The van der Waals surface area contributed by atoms with Gasteiger partial charge in [0.1, 0.15) is 11.5 Å². The first-order valence-corrected chi connectivity index (χ1v) is 11.3. The summed E-state index contributed by atoms with van der Waals surface area (Å²) in [6.07, 6.45) is -5.65. The minimum Gasteiger partial charge on any atom is -0.384 e. The SMILES string of the molecule is C=C(CCC(F)(F)F)c1cc(NC(=O)C(C)c2ccc(C3NN(C(C)C)C(N)=C3C(N)=O)cc2)on1. The van der Waals surface area contributed by atoms with Crippen molar-refractivity contribution >= 4 is 23.3 Å². The Morgan fingerprint density at radius 1 is 1.25 bits per heavy atom. The van der Waals surface area contributed by atoms with Gasteiger partial charge in [0.2, 0.25) is 17.7 Å². The Labute approximate surface area is 206 Å². The first-order chi connectivity index (χ1) is 16.8. The summed E-state index contributed by atoms with van der Waals surface area (Å²) >= 11 is 0. The van der Waals surface area contributed by atoms with Crippen LogP contribution in [0.15, 0.2) is 52.8 Å². The topological polar surface area (TPSA) is 140 Å². The van der Waals surface area contributed by atoms with Crippen molar-refractivity contribution in [1.82, 2.24) is 15.6 Å². The number of nitrogens with zero attached hydrogens (tertiary/aromatic N) is 2. The van der Waals surface area contributed by atoms with Gasteiger partial charge in [-0.1, -0.05) is 36.0 Å². The molecule has 0 radical (unpaired) electrons. The van der Waals surface area contributed by atoms with E-state index < -0.39 is 36.4 Å². The molecule has 1 aromatic carbocycles. The lowest BCUT2D eigenvalue weighted by atomic mass is 9.94. The molecule has 0 spiro atoms. The lowest BCUT2D eigenvalue weighted by Crippen LogP contribution is -2.40. The standard InChI is InChI=1S/C24H29F3N6O3/c1-12(2)33-21(28)19(22(29)34)20(31-33)16-7-5-15(6-8-16)14(4)23(35)30-18-11-17(32-36-18)13(3)9-10-24(25,26)27/h5-8,11-12,14,20,31H,3,9-10,28H2,1-2,4H3,(H2,29,34)(H,30,35). The number of nitrogens with one attached hydrogen (secondary N) is 2. The molecule has 0 fully saturated rings. The normalized spacial score (nSPS) is 17.0. The number of anilines is 1.